The summed E-state index contributed by atoms with van der Waals surface area (Å²) in [6.45, 7) is 19.3. The van der Waals surface area contributed by atoms with E-state index in [-0.39, 0.29) is 54.5 Å². The molecule has 55 heavy (non-hydrogen) atoms. The fraction of sp³-hybridized carbons (Fsp3) is 0.413. The Morgan fingerprint density at radius 2 is 0.964 bits per heavy atom. The van der Waals surface area contributed by atoms with Crippen molar-refractivity contribution in [3.63, 3.8) is 0 Å². The number of hydrogen-bond acceptors (Lipinski definition) is 9. The van der Waals surface area contributed by atoms with Crippen LogP contribution in [-0.4, -0.2) is 74.1 Å². The molecule has 3 unspecified atom stereocenters. The van der Waals surface area contributed by atoms with Gasteiger partial charge in [0, 0.05) is 16.4 Å². The number of hydrogen-bond donors (Lipinski definition) is 2. The second-order valence-corrected chi connectivity index (χ2v) is 15.8. The van der Waals surface area contributed by atoms with Gasteiger partial charge in [0.05, 0.1) is 18.8 Å². The summed E-state index contributed by atoms with van der Waals surface area (Å²) >= 11 is 0. The van der Waals surface area contributed by atoms with Crippen molar-refractivity contribution in [2.75, 3.05) is 39.6 Å². The summed E-state index contributed by atoms with van der Waals surface area (Å²) in [5, 5.41) is 20.7. The van der Waals surface area contributed by atoms with Gasteiger partial charge in [-0.1, -0.05) is 94.9 Å². The van der Waals surface area contributed by atoms with Crippen LogP contribution in [0.25, 0.3) is 0 Å². The first-order valence-electron chi connectivity index (χ1n) is 18.8. The van der Waals surface area contributed by atoms with Crippen molar-refractivity contribution in [3.8, 4) is 17.2 Å². The lowest BCUT2D eigenvalue weighted by atomic mass is 9.77. The highest BCUT2D eigenvalue weighted by atomic mass is 16.6. The third-order valence-corrected chi connectivity index (χ3v) is 10.1. The Labute approximate surface area is 325 Å². The quantitative estimate of drug-likeness (QED) is 0.0533. The van der Waals surface area contributed by atoms with Gasteiger partial charge in [-0.3, -0.25) is 0 Å². The Morgan fingerprint density at radius 3 is 1.31 bits per heavy atom. The first kappa shape index (κ1) is 41.5. The molecule has 2 N–H and O–H groups in total. The third-order valence-electron chi connectivity index (χ3n) is 10.1. The zero-order chi connectivity index (χ0) is 39.8. The lowest BCUT2D eigenvalue weighted by Crippen LogP contribution is -2.25. The Balaban J connectivity index is 1.05. The molecule has 1 heterocycles. The summed E-state index contributed by atoms with van der Waals surface area (Å²) in [6.07, 6.45) is -1.54. The highest BCUT2D eigenvalue weighted by molar-refractivity contribution is 5.86. The van der Waals surface area contributed by atoms with E-state index < -0.39 is 18.2 Å². The van der Waals surface area contributed by atoms with Crippen LogP contribution in [0, 0.1) is 0 Å². The zero-order valence-electron chi connectivity index (χ0n) is 33.2. The Kier molecular flexibility index (Phi) is 13.5. The number of ether oxygens (including phenoxy) is 6. The molecule has 1 fully saturated rings. The van der Waals surface area contributed by atoms with E-state index in [2.05, 4.69) is 84.5 Å². The van der Waals surface area contributed by atoms with Gasteiger partial charge in [-0.15, -0.1) is 0 Å². The minimum absolute atomic E-state index is 0.00993. The Bertz CT molecular complexity index is 1840. The van der Waals surface area contributed by atoms with Crippen molar-refractivity contribution in [2.24, 2.45) is 0 Å². The standard InChI is InChI=1S/C46H56O9/c1-31(2)43(49)54-28-38(48)27-52-41-23-17-35(18-24-41)45(5,6)34-15-21-40(22-16-34)51-26-37(47)25-50-39-19-13-33(14-20-39)44(3,4)32-9-11-36(12-10-32)46(7,8)55-30-42-29-53-42/h9-24,37-38,42,47-48H,1,25-30H2,2-8H3. The second-order valence-electron chi connectivity index (χ2n) is 15.8. The molecular formula is C46H56O9. The van der Waals surface area contributed by atoms with E-state index in [9.17, 15) is 15.0 Å². The molecule has 3 atom stereocenters. The molecule has 294 valence electrons. The van der Waals surface area contributed by atoms with Gasteiger partial charge in [-0.2, -0.15) is 0 Å². The molecule has 0 amide bonds. The third kappa shape index (κ3) is 11.4. The molecule has 0 bridgehead atoms. The van der Waals surface area contributed by atoms with Crippen LogP contribution < -0.4 is 14.2 Å². The maximum atomic E-state index is 11.5. The minimum Gasteiger partial charge on any atom is -0.491 e. The van der Waals surface area contributed by atoms with Crippen LogP contribution in [0.15, 0.2) is 109 Å². The van der Waals surface area contributed by atoms with E-state index in [1.54, 1.807) is 6.92 Å². The SMILES string of the molecule is C=C(C)C(=O)OCC(O)COc1ccc(C(C)(C)c2ccc(OCC(O)COc3ccc(C(C)(C)c4ccc(C(C)(C)OCC5CO5)cc4)cc3)cc2)cc1. The zero-order valence-corrected chi connectivity index (χ0v) is 33.2. The number of carbonyl (C=O) groups excluding carboxylic acids is 1. The molecule has 9 heteroatoms. The highest BCUT2D eigenvalue weighted by Crippen LogP contribution is 2.36. The fourth-order valence-electron chi connectivity index (χ4n) is 6.04. The van der Waals surface area contributed by atoms with E-state index >= 15 is 0 Å². The summed E-state index contributed by atoms with van der Waals surface area (Å²) in [5.74, 6) is 1.38. The monoisotopic (exact) mass is 752 g/mol. The van der Waals surface area contributed by atoms with E-state index in [0.717, 1.165) is 28.9 Å². The number of esters is 1. The van der Waals surface area contributed by atoms with Crippen molar-refractivity contribution in [2.45, 2.75) is 83.2 Å². The van der Waals surface area contributed by atoms with Gasteiger partial charge in [0.2, 0.25) is 0 Å². The summed E-state index contributed by atoms with van der Waals surface area (Å²) < 4.78 is 33.8. The molecule has 4 aromatic carbocycles. The van der Waals surface area contributed by atoms with Gasteiger partial charge in [-0.25, -0.2) is 4.79 Å². The van der Waals surface area contributed by atoms with Gasteiger partial charge in [0.25, 0.3) is 0 Å². The van der Waals surface area contributed by atoms with Gasteiger partial charge < -0.3 is 38.6 Å². The molecule has 0 aliphatic carbocycles. The van der Waals surface area contributed by atoms with E-state index in [0.29, 0.717) is 23.9 Å². The maximum Gasteiger partial charge on any atom is 0.333 e. The van der Waals surface area contributed by atoms with Crippen LogP contribution in [0.4, 0.5) is 0 Å². The van der Waals surface area contributed by atoms with Crippen molar-refractivity contribution >= 4 is 5.97 Å². The topological polar surface area (TPSA) is 116 Å². The van der Waals surface area contributed by atoms with Crippen LogP contribution in [0.1, 0.15) is 76.3 Å². The molecule has 0 saturated carbocycles. The lowest BCUT2D eigenvalue weighted by Gasteiger charge is -2.29. The Morgan fingerprint density at radius 1 is 0.636 bits per heavy atom. The van der Waals surface area contributed by atoms with Gasteiger partial charge in [-0.05, 0) is 85.0 Å². The van der Waals surface area contributed by atoms with Crippen LogP contribution in [-0.2, 0) is 35.4 Å². The average molecular weight is 753 g/mol. The summed E-state index contributed by atoms with van der Waals surface area (Å²) in [4.78, 5) is 11.5. The molecule has 0 radical (unpaired) electrons. The first-order chi connectivity index (χ1) is 26.0. The smallest absolute Gasteiger partial charge is 0.333 e. The predicted molar refractivity (Wildman–Crippen MR) is 213 cm³/mol. The summed E-state index contributed by atoms with van der Waals surface area (Å²) in [5.41, 5.74) is 5.00. The van der Waals surface area contributed by atoms with Crippen LogP contribution >= 0.6 is 0 Å². The molecular weight excluding hydrogens is 696 g/mol. The molecule has 0 aromatic heterocycles. The summed E-state index contributed by atoms with van der Waals surface area (Å²) in [7, 11) is 0. The van der Waals surface area contributed by atoms with Crippen molar-refractivity contribution in [1.29, 1.82) is 0 Å². The first-order valence-corrected chi connectivity index (χ1v) is 18.8. The molecule has 9 nitrogen and oxygen atoms in total. The van der Waals surface area contributed by atoms with E-state index in [1.807, 2.05) is 60.7 Å². The molecule has 1 saturated heterocycles. The number of carbonyl (C=O) groups is 1. The molecule has 0 spiro atoms. The molecule has 4 aromatic rings. The maximum absolute atomic E-state index is 11.5. The lowest BCUT2D eigenvalue weighted by molar-refractivity contribution is -0.142. The van der Waals surface area contributed by atoms with Crippen molar-refractivity contribution in [1.82, 2.24) is 0 Å². The van der Waals surface area contributed by atoms with Crippen molar-refractivity contribution in [3.05, 3.63) is 137 Å². The summed E-state index contributed by atoms with van der Waals surface area (Å²) in [6, 6.07) is 32.2. The van der Waals surface area contributed by atoms with Crippen LogP contribution in [0.3, 0.4) is 0 Å². The van der Waals surface area contributed by atoms with Crippen LogP contribution in [0.5, 0.6) is 17.2 Å². The number of benzene rings is 4. The molecule has 5 rings (SSSR count). The largest absolute Gasteiger partial charge is 0.491 e. The molecule has 1 aliphatic heterocycles. The van der Waals surface area contributed by atoms with E-state index in [4.69, 9.17) is 28.4 Å². The van der Waals surface area contributed by atoms with Gasteiger partial charge in [0.15, 0.2) is 0 Å². The number of aliphatic hydroxyl groups excluding tert-OH is 2. The predicted octanol–water partition coefficient (Wildman–Crippen LogP) is 7.67. The number of rotatable bonds is 20. The normalized spacial score (nSPS) is 15.5. The second kappa shape index (κ2) is 17.9. The average Bonchev–Trinajstić information content (AvgIpc) is 4.02. The van der Waals surface area contributed by atoms with Gasteiger partial charge >= 0.3 is 5.97 Å². The van der Waals surface area contributed by atoms with Gasteiger partial charge in [0.1, 0.15) is 62.0 Å². The fourth-order valence-corrected chi connectivity index (χ4v) is 6.04. The number of aliphatic hydroxyl groups is 2. The number of epoxide rings is 1. The Hall–Kier alpha value is -4.67. The van der Waals surface area contributed by atoms with E-state index in [1.165, 1.54) is 5.56 Å². The highest BCUT2D eigenvalue weighted by Gasteiger charge is 2.30. The van der Waals surface area contributed by atoms with Crippen LogP contribution in [0.2, 0.25) is 0 Å². The molecule has 1 aliphatic rings. The minimum atomic E-state index is -0.951. The van der Waals surface area contributed by atoms with Crippen molar-refractivity contribution < 1.29 is 43.4 Å².